The number of hydrogen-bond acceptors (Lipinski definition) is 3. The van der Waals surface area contributed by atoms with Gasteiger partial charge in [-0.25, -0.2) is 8.78 Å². The molecule has 0 aliphatic carbocycles. The fourth-order valence-electron chi connectivity index (χ4n) is 1.09. The number of nitroso groups, excluding NO2 is 1. The first kappa shape index (κ1) is 10.4. The molecule has 0 atom stereocenters. The van der Waals surface area contributed by atoms with E-state index >= 15 is 0 Å². The number of ketones is 1. The van der Waals surface area contributed by atoms with Crippen molar-refractivity contribution in [2.75, 3.05) is 0 Å². The highest BCUT2D eigenvalue weighted by molar-refractivity contribution is 5.79. The molecule has 0 fully saturated rings. The third-order valence-electron chi connectivity index (χ3n) is 1.70. The SMILES string of the molecule is CC(=O)Cc1c(N=O)ccc(F)c1F. The summed E-state index contributed by atoms with van der Waals surface area (Å²) in [6.45, 7) is 1.22. The van der Waals surface area contributed by atoms with Gasteiger partial charge in [-0.3, -0.25) is 4.79 Å². The minimum atomic E-state index is -1.18. The lowest BCUT2D eigenvalue weighted by Crippen LogP contribution is -2.01. The summed E-state index contributed by atoms with van der Waals surface area (Å²) in [5.41, 5.74) is -0.522. The molecule has 5 heteroatoms. The van der Waals surface area contributed by atoms with Gasteiger partial charge in [0.2, 0.25) is 0 Å². The summed E-state index contributed by atoms with van der Waals surface area (Å²) in [6.07, 6.45) is -0.329. The van der Waals surface area contributed by atoms with Crippen LogP contribution in [0, 0.1) is 16.5 Å². The van der Waals surface area contributed by atoms with Gasteiger partial charge in [-0.1, -0.05) is 0 Å². The van der Waals surface area contributed by atoms with Gasteiger partial charge in [0.15, 0.2) is 11.6 Å². The number of Topliss-reactive ketones (excluding diaryl/α,β-unsaturated/α-hetero) is 1. The molecule has 0 heterocycles. The van der Waals surface area contributed by atoms with Crippen LogP contribution in [0.2, 0.25) is 0 Å². The van der Waals surface area contributed by atoms with Gasteiger partial charge in [0.25, 0.3) is 0 Å². The predicted molar refractivity (Wildman–Crippen MR) is 46.2 cm³/mol. The zero-order chi connectivity index (χ0) is 10.7. The maximum Gasteiger partial charge on any atom is 0.164 e. The Morgan fingerprint density at radius 2 is 2.07 bits per heavy atom. The molecular formula is C9H7F2NO2. The number of hydrogen-bond donors (Lipinski definition) is 0. The van der Waals surface area contributed by atoms with Gasteiger partial charge in [0, 0.05) is 12.0 Å². The second kappa shape index (κ2) is 4.04. The van der Waals surface area contributed by atoms with Crippen molar-refractivity contribution in [3.8, 4) is 0 Å². The first-order valence-electron chi connectivity index (χ1n) is 3.86. The van der Waals surface area contributed by atoms with Crippen LogP contribution in [0.5, 0.6) is 0 Å². The van der Waals surface area contributed by atoms with Gasteiger partial charge in [-0.2, -0.15) is 0 Å². The molecule has 0 radical (unpaired) electrons. The van der Waals surface area contributed by atoms with E-state index in [2.05, 4.69) is 5.18 Å². The van der Waals surface area contributed by atoms with Crippen molar-refractivity contribution in [1.29, 1.82) is 0 Å². The Hall–Kier alpha value is -1.65. The smallest absolute Gasteiger partial charge is 0.164 e. The largest absolute Gasteiger partial charge is 0.300 e. The van der Waals surface area contributed by atoms with Gasteiger partial charge >= 0.3 is 0 Å². The van der Waals surface area contributed by atoms with Crippen LogP contribution in [-0.4, -0.2) is 5.78 Å². The Kier molecular flexibility index (Phi) is 3.01. The van der Waals surface area contributed by atoms with E-state index in [0.29, 0.717) is 0 Å². The molecule has 74 valence electrons. The summed E-state index contributed by atoms with van der Waals surface area (Å²) < 4.78 is 25.8. The summed E-state index contributed by atoms with van der Waals surface area (Å²) in [7, 11) is 0. The van der Waals surface area contributed by atoms with Crippen molar-refractivity contribution in [2.24, 2.45) is 5.18 Å². The third-order valence-corrected chi connectivity index (χ3v) is 1.70. The van der Waals surface area contributed by atoms with Crippen molar-refractivity contribution in [3.63, 3.8) is 0 Å². The topological polar surface area (TPSA) is 46.5 Å². The molecule has 3 nitrogen and oxygen atoms in total. The fraction of sp³-hybridized carbons (Fsp3) is 0.222. The summed E-state index contributed by atoms with van der Waals surface area (Å²) in [5, 5.41) is 2.52. The van der Waals surface area contributed by atoms with Crippen molar-refractivity contribution in [3.05, 3.63) is 34.2 Å². The molecule has 0 spiro atoms. The monoisotopic (exact) mass is 199 g/mol. The summed E-state index contributed by atoms with van der Waals surface area (Å²) in [4.78, 5) is 20.9. The molecule has 1 aromatic rings. The van der Waals surface area contributed by atoms with E-state index in [4.69, 9.17) is 0 Å². The number of nitrogens with zero attached hydrogens (tertiary/aromatic N) is 1. The molecule has 0 aliphatic heterocycles. The molecule has 0 aromatic heterocycles. The Morgan fingerprint density at radius 3 is 2.57 bits per heavy atom. The first-order valence-corrected chi connectivity index (χ1v) is 3.86. The van der Waals surface area contributed by atoms with Crippen LogP contribution in [0.15, 0.2) is 17.3 Å². The Balaban J connectivity index is 3.27. The van der Waals surface area contributed by atoms with Gasteiger partial charge in [0.1, 0.15) is 11.5 Å². The van der Waals surface area contributed by atoms with Gasteiger partial charge < -0.3 is 0 Å². The zero-order valence-electron chi connectivity index (χ0n) is 7.38. The van der Waals surface area contributed by atoms with Crippen LogP contribution >= 0.6 is 0 Å². The van der Waals surface area contributed by atoms with E-state index in [1.54, 1.807) is 0 Å². The Morgan fingerprint density at radius 1 is 1.43 bits per heavy atom. The molecule has 1 rings (SSSR count). The molecule has 0 aliphatic rings. The predicted octanol–water partition coefficient (Wildman–Crippen LogP) is 2.49. The second-order valence-corrected chi connectivity index (χ2v) is 2.83. The standard InChI is InChI=1S/C9H7F2NO2/c1-5(13)4-6-8(12-14)3-2-7(10)9(6)11/h2-3H,4H2,1H3. The summed E-state index contributed by atoms with van der Waals surface area (Å²) in [6, 6.07) is 1.85. The molecule has 14 heavy (non-hydrogen) atoms. The van der Waals surface area contributed by atoms with E-state index in [1.165, 1.54) is 6.92 Å². The van der Waals surface area contributed by atoms with Crippen molar-refractivity contribution in [1.82, 2.24) is 0 Å². The number of halogens is 2. The number of carbonyl (C=O) groups is 1. The van der Waals surface area contributed by atoms with Crippen molar-refractivity contribution < 1.29 is 13.6 Å². The van der Waals surface area contributed by atoms with Crippen LogP contribution < -0.4 is 0 Å². The van der Waals surface area contributed by atoms with E-state index in [9.17, 15) is 18.5 Å². The third kappa shape index (κ3) is 1.99. The fourth-order valence-corrected chi connectivity index (χ4v) is 1.09. The molecule has 0 saturated carbocycles. The summed E-state index contributed by atoms with van der Waals surface area (Å²) in [5.74, 6) is -2.63. The molecule has 0 saturated heterocycles. The van der Waals surface area contributed by atoms with E-state index in [0.717, 1.165) is 12.1 Å². The number of rotatable bonds is 3. The Labute approximate surface area is 78.7 Å². The van der Waals surface area contributed by atoms with Crippen LogP contribution in [0.25, 0.3) is 0 Å². The van der Waals surface area contributed by atoms with Gasteiger partial charge in [-0.05, 0) is 24.2 Å². The minimum Gasteiger partial charge on any atom is -0.300 e. The van der Waals surface area contributed by atoms with Crippen LogP contribution in [0.1, 0.15) is 12.5 Å². The van der Waals surface area contributed by atoms with Crippen LogP contribution in [-0.2, 0) is 11.2 Å². The van der Waals surface area contributed by atoms with Gasteiger partial charge in [-0.15, -0.1) is 4.91 Å². The van der Waals surface area contributed by atoms with E-state index in [1.807, 2.05) is 0 Å². The maximum atomic E-state index is 13.1. The van der Waals surface area contributed by atoms with Gasteiger partial charge in [0.05, 0.1) is 0 Å². The lowest BCUT2D eigenvalue weighted by atomic mass is 10.1. The molecule has 0 unspecified atom stereocenters. The van der Waals surface area contributed by atoms with E-state index < -0.39 is 11.6 Å². The van der Waals surface area contributed by atoms with Crippen molar-refractivity contribution >= 4 is 11.5 Å². The highest BCUT2D eigenvalue weighted by Crippen LogP contribution is 2.24. The summed E-state index contributed by atoms with van der Waals surface area (Å²) >= 11 is 0. The Bertz CT molecular complexity index is 391. The molecule has 1 aromatic carbocycles. The van der Waals surface area contributed by atoms with Crippen molar-refractivity contribution in [2.45, 2.75) is 13.3 Å². The first-order chi connectivity index (χ1) is 6.56. The van der Waals surface area contributed by atoms with Crippen LogP contribution in [0.3, 0.4) is 0 Å². The molecular weight excluding hydrogens is 192 g/mol. The normalized spacial score (nSPS) is 9.93. The average molecular weight is 199 g/mol. The van der Waals surface area contributed by atoms with Crippen LogP contribution in [0.4, 0.5) is 14.5 Å². The quantitative estimate of drug-likeness (QED) is 0.702. The lowest BCUT2D eigenvalue weighted by Gasteiger charge is -2.03. The highest BCUT2D eigenvalue weighted by atomic mass is 19.2. The lowest BCUT2D eigenvalue weighted by molar-refractivity contribution is -0.116. The molecule has 0 amide bonds. The number of carbonyl (C=O) groups excluding carboxylic acids is 1. The average Bonchev–Trinajstić information content (AvgIpc) is 2.13. The maximum absolute atomic E-state index is 13.1. The second-order valence-electron chi connectivity index (χ2n) is 2.83. The highest BCUT2D eigenvalue weighted by Gasteiger charge is 2.15. The molecule has 0 bridgehead atoms. The molecule has 0 N–H and O–H groups in total. The zero-order valence-corrected chi connectivity index (χ0v) is 7.38. The van der Waals surface area contributed by atoms with E-state index in [-0.39, 0.29) is 23.5 Å². The number of benzene rings is 1. The minimum absolute atomic E-state index is 0.237.